The van der Waals surface area contributed by atoms with Crippen LogP contribution in [0.3, 0.4) is 0 Å². The molecule has 2 N–H and O–H groups in total. The summed E-state index contributed by atoms with van der Waals surface area (Å²) < 4.78 is 39.6. The van der Waals surface area contributed by atoms with Gasteiger partial charge >= 0.3 is 6.18 Å². The van der Waals surface area contributed by atoms with Crippen molar-refractivity contribution in [1.82, 2.24) is 9.78 Å². The van der Waals surface area contributed by atoms with Gasteiger partial charge < -0.3 is 5.73 Å². The molecular formula is C11H10F3N3. The number of hydrogen-bond donors (Lipinski definition) is 1. The van der Waals surface area contributed by atoms with Crippen molar-refractivity contribution in [3.05, 3.63) is 41.7 Å². The highest BCUT2D eigenvalue weighted by molar-refractivity contribution is 5.49. The lowest BCUT2D eigenvalue weighted by Crippen LogP contribution is -2.12. The van der Waals surface area contributed by atoms with Crippen LogP contribution in [0.4, 0.5) is 18.9 Å². The number of nitrogen functional groups attached to an aromatic ring is 1. The van der Waals surface area contributed by atoms with Gasteiger partial charge in [0.2, 0.25) is 0 Å². The lowest BCUT2D eigenvalue weighted by molar-refractivity contribution is -0.137. The van der Waals surface area contributed by atoms with Crippen molar-refractivity contribution in [3.8, 4) is 5.69 Å². The first kappa shape index (κ1) is 11.5. The first-order chi connectivity index (χ1) is 7.91. The molecule has 0 spiro atoms. The van der Waals surface area contributed by atoms with Crippen molar-refractivity contribution in [3.63, 3.8) is 0 Å². The number of rotatable bonds is 1. The number of hydrogen-bond acceptors (Lipinski definition) is 2. The predicted molar refractivity (Wildman–Crippen MR) is 57.7 cm³/mol. The third-order valence-corrected chi connectivity index (χ3v) is 2.49. The molecule has 0 atom stereocenters. The maximum Gasteiger partial charge on any atom is 0.418 e. The third-order valence-electron chi connectivity index (χ3n) is 2.49. The van der Waals surface area contributed by atoms with E-state index < -0.39 is 11.7 Å². The van der Waals surface area contributed by atoms with E-state index in [9.17, 15) is 13.2 Å². The van der Waals surface area contributed by atoms with Crippen molar-refractivity contribution in [2.24, 2.45) is 0 Å². The summed E-state index contributed by atoms with van der Waals surface area (Å²) in [6.07, 6.45) is -3.08. The Morgan fingerprint density at radius 2 is 1.88 bits per heavy atom. The number of nitrogens with zero attached hydrogens (tertiary/aromatic N) is 2. The van der Waals surface area contributed by atoms with Crippen molar-refractivity contribution >= 4 is 5.69 Å². The number of anilines is 1. The zero-order chi connectivity index (χ0) is 12.6. The topological polar surface area (TPSA) is 43.8 Å². The maximum absolute atomic E-state index is 12.8. The second-order valence-electron chi connectivity index (χ2n) is 3.61. The lowest BCUT2D eigenvalue weighted by atomic mass is 10.1. The molecule has 0 amide bonds. The number of benzene rings is 1. The Hall–Kier alpha value is -1.98. The second kappa shape index (κ2) is 3.80. The molecule has 0 unspecified atom stereocenters. The van der Waals surface area contributed by atoms with Gasteiger partial charge in [-0.15, -0.1) is 0 Å². The van der Waals surface area contributed by atoms with E-state index in [4.69, 9.17) is 5.73 Å². The summed E-state index contributed by atoms with van der Waals surface area (Å²) >= 11 is 0. The molecule has 6 heteroatoms. The van der Waals surface area contributed by atoms with Crippen molar-refractivity contribution in [2.45, 2.75) is 13.1 Å². The molecule has 3 nitrogen and oxygen atoms in total. The Morgan fingerprint density at radius 3 is 2.41 bits per heavy atom. The molecule has 17 heavy (non-hydrogen) atoms. The molecule has 90 valence electrons. The predicted octanol–water partition coefficient (Wildman–Crippen LogP) is 2.78. The van der Waals surface area contributed by atoms with E-state index in [0.717, 1.165) is 6.07 Å². The van der Waals surface area contributed by atoms with Crippen LogP contribution in [0.1, 0.15) is 11.3 Å². The smallest absolute Gasteiger partial charge is 0.396 e. The summed E-state index contributed by atoms with van der Waals surface area (Å²) in [5, 5.41) is 3.85. The normalized spacial score (nSPS) is 11.8. The fourth-order valence-corrected chi connectivity index (χ4v) is 1.56. The van der Waals surface area contributed by atoms with E-state index in [2.05, 4.69) is 5.10 Å². The molecule has 0 aliphatic carbocycles. The van der Waals surface area contributed by atoms with Gasteiger partial charge in [-0.2, -0.15) is 18.3 Å². The Labute approximate surface area is 95.7 Å². The zero-order valence-corrected chi connectivity index (χ0v) is 8.99. The Balaban J connectivity index is 2.64. The van der Waals surface area contributed by atoms with Gasteiger partial charge in [0.1, 0.15) is 0 Å². The minimum Gasteiger partial charge on any atom is -0.396 e. The molecule has 0 aliphatic rings. The molecular weight excluding hydrogens is 231 g/mol. The first-order valence-electron chi connectivity index (χ1n) is 4.88. The molecule has 2 aromatic rings. The van der Waals surface area contributed by atoms with Crippen LogP contribution in [0.5, 0.6) is 0 Å². The van der Waals surface area contributed by atoms with E-state index >= 15 is 0 Å². The highest BCUT2D eigenvalue weighted by atomic mass is 19.4. The molecule has 0 fully saturated rings. The summed E-state index contributed by atoms with van der Waals surface area (Å²) in [4.78, 5) is 0. The molecule has 1 heterocycles. The maximum atomic E-state index is 12.8. The van der Waals surface area contributed by atoms with Gasteiger partial charge in [0, 0.05) is 0 Å². The molecule has 0 aliphatic heterocycles. The fourth-order valence-electron chi connectivity index (χ4n) is 1.56. The average molecular weight is 241 g/mol. The monoisotopic (exact) mass is 241 g/mol. The Morgan fingerprint density at radius 1 is 1.24 bits per heavy atom. The van der Waals surface area contributed by atoms with Crippen molar-refractivity contribution in [1.29, 1.82) is 0 Å². The summed E-state index contributed by atoms with van der Waals surface area (Å²) in [7, 11) is 0. The SMILES string of the molecule is Cc1c(N)cnn1-c1ccccc1C(F)(F)F. The van der Waals surface area contributed by atoms with Gasteiger partial charge in [0.15, 0.2) is 0 Å². The highest BCUT2D eigenvalue weighted by Crippen LogP contribution is 2.34. The van der Waals surface area contributed by atoms with Gasteiger partial charge in [-0.25, -0.2) is 4.68 Å². The van der Waals surface area contributed by atoms with Crippen LogP contribution in [-0.2, 0) is 6.18 Å². The van der Waals surface area contributed by atoms with E-state index in [1.165, 1.54) is 29.1 Å². The lowest BCUT2D eigenvalue weighted by Gasteiger charge is -2.13. The van der Waals surface area contributed by atoms with Crippen LogP contribution >= 0.6 is 0 Å². The van der Waals surface area contributed by atoms with E-state index in [1.807, 2.05) is 0 Å². The number of nitrogens with two attached hydrogens (primary N) is 1. The summed E-state index contributed by atoms with van der Waals surface area (Å²) in [6.45, 7) is 1.62. The first-order valence-corrected chi connectivity index (χ1v) is 4.88. The fraction of sp³-hybridized carbons (Fsp3) is 0.182. The standard InChI is InChI=1S/C11H10F3N3/c1-7-9(15)6-16-17(7)10-5-3-2-4-8(10)11(12,13)14/h2-6H,15H2,1H3. The zero-order valence-electron chi connectivity index (χ0n) is 8.99. The van der Waals surface area contributed by atoms with E-state index in [0.29, 0.717) is 11.4 Å². The van der Waals surface area contributed by atoms with Crippen LogP contribution in [0, 0.1) is 6.92 Å². The molecule has 0 bridgehead atoms. The Kier molecular flexibility index (Phi) is 2.57. The quantitative estimate of drug-likeness (QED) is 0.834. The van der Waals surface area contributed by atoms with Crippen LogP contribution in [0.15, 0.2) is 30.5 Å². The number of aromatic nitrogens is 2. The molecule has 0 radical (unpaired) electrons. The number of para-hydroxylation sites is 1. The van der Waals surface area contributed by atoms with Crippen molar-refractivity contribution in [2.75, 3.05) is 5.73 Å². The largest absolute Gasteiger partial charge is 0.418 e. The average Bonchev–Trinajstić information content (AvgIpc) is 2.59. The van der Waals surface area contributed by atoms with Gasteiger partial charge in [-0.1, -0.05) is 12.1 Å². The molecule has 0 saturated carbocycles. The summed E-state index contributed by atoms with van der Waals surface area (Å²) in [5.74, 6) is 0. The van der Waals surface area contributed by atoms with Crippen LogP contribution in [-0.4, -0.2) is 9.78 Å². The third kappa shape index (κ3) is 1.98. The Bertz CT molecular complexity index is 543. The number of alkyl halides is 3. The van der Waals surface area contributed by atoms with Crippen LogP contribution in [0.25, 0.3) is 5.69 Å². The van der Waals surface area contributed by atoms with E-state index in [1.54, 1.807) is 6.92 Å². The minimum absolute atomic E-state index is 0.0193. The van der Waals surface area contributed by atoms with Crippen LogP contribution < -0.4 is 5.73 Å². The van der Waals surface area contributed by atoms with Crippen LogP contribution in [0.2, 0.25) is 0 Å². The summed E-state index contributed by atoms with van der Waals surface area (Å²) in [5.41, 5.74) is 5.67. The van der Waals surface area contributed by atoms with Gasteiger partial charge in [0.25, 0.3) is 0 Å². The molecule has 1 aromatic carbocycles. The molecule has 1 aromatic heterocycles. The highest BCUT2D eigenvalue weighted by Gasteiger charge is 2.34. The van der Waals surface area contributed by atoms with Crippen molar-refractivity contribution < 1.29 is 13.2 Å². The summed E-state index contributed by atoms with van der Waals surface area (Å²) in [6, 6.07) is 5.26. The number of halogens is 3. The van der Waals surface area contributed by atoms with Gasteiger partial charge in [-0.3, -0.25) is 0 Å². The van der Waals surface area contributed by atoms with Gasteiger partial charge in [-0.05, 0) is 19.1 Å². The second-order valence-corrected chi connectivity index (χ2v) is 3.61. The molecule has 2 rings (SSSR count). The van der Waals surface area contributed by atoms with Gasteiger partial charge in [0.05, 0.1) is 28.8 Å². The minimum atomic E-state index is -4.41. The molecule has 0 saturated heterocycles. The van der Waals surface area contributed by atoms with E-state index in [-0.39, 0.29) is 5.69 Å².